The molecule has 0 aromatic heterocycles. The summed E-state index contributed by atoms with van der Waals surface area (Å²) in [5.74, 6) is 0.734. The molecule has 2 nitrogen and oxygen atoms in total. The number of hydrogen-bond acceptors (Lipinski definition) is 2. The quantitative estimate of drug-likeness (QED) is 0.732. The zero-order chi connectivity index (χ0) is 11.5. The zero-order valence-electron chi connectivity index (χ0n) is 11.0. The lowest BCUT2D eigenvalue weighted by Gasteiger charge is -2.55. The number of ether oxygens (including phenoxy) is 1. The molecule has 15 heavy (non-hydrogen) atoms. The van der Waals surface area contributed by atoms with Gasteiger partial charge in [0.25, 0.3) is 0 Å². The van der Waals surface area contributed by atoms with E-state index in [2.05, 4.69) is 33.0 Å². The summed E-state index contributed by atoms with van der Waals surface area (Å²) in [5.41, 5.74) is 0.393. The Labute approximate surface area is 94.8 Å². The van der Waals surface area contributed by atoms with Crippen molar-refractivity contribution in [1.29, 1.82) is 0 Å². The number of methoxy groups -OCH3 is 1. The van der Waals surface area contributed by atoms with E-state index in [4.69, 9.17) is 4.74 Å². The van der Waals surface area contributed by atoms with Gasteiger partial charge in [0, 0.05) is 18.6 Å². The second-order valence-corrected chi connectivity index (χ2v) is 5.25. The third kappa shape index (κ3) is 2.36. The predicted molar refractivity (Wildman–Crippen MR) is 65.1 cm³/mol. The Balaban J connectivity index is 2.52. The summed E-state index contributed by atoms with van der Waals surface area (Å²) in [4.78, 5) is 0. The second-order valence-electron chi connectivity index (χ2n) is 5.25. The van der Waals surface area contributed by atoms with E-state index in [1.165, 1.54) is 19.3 Å². The van der Waals surface area contributed by atoms with E-state index in [1.54, 1.807) is 0 Å². The molecule has 0 saturated heterocycles. The topological polar surface area (TPSA) is 21.3 Å². The summed E-state index contributed by atoms with van der Waals surface area (Å²) >= 11 is 0. The van der Waals surface area contributed by atoms with Crippen LogP contribution in [-0.4, -0.2) is 25.8 Å². The molecule has 0 spiro atoms. The molecule has 0 heterocycles. The summed E-state index contributed by atoms with van der Waals surface area (Å²) in [6.07, 6.45) is 4.10. The maximum atomic E-state index is 5.58. The minimum absolute atomic E-state index is 0.393. The standard InChI is InChI=1S/C13H27NO/c1-6-13(7-2)11(8-12(13)15-5)14-9-10(3)4/h10-12,14H,6-9H2,1-5H3. The van der Waals surface area contributed by atoms with Gasteiger partial charge in [-0.2, -0.15) is 0 Å². The zero-order valence-corrected chi connectivity index (χ0v) is 11.0. The van der Waals surface area contributed by atoms with Crippen LogP contribution in [0, 0.1) is 11.3 Å². The second kappa shape index (κ2) is 5.31. The molecule has 0 aromatic carbocycles. The Kier molecular flexibility index (Phi) is 4.60. The Morgan fingerprint density at radius 1 is 1.33 bits per heavy atom. The first-order chi connectivity index (χ1) is 7.10. The molecule has 1 fully saturated rings. The van der Waals surface area contributed by atoms with Gasteiger partial charge in [0.15, 0.2) is 0 Å². The van der Waals surface area contributed by atoms with Gasteiger partial charge in [-0.05, 0) is 31.7 Å². The summed E-state index contributed by atoms with van der Waals surface area (Å²) < 4.78 is 5.58. The monoisotopic (exact) mass is 213 g/mol. The van der Waals surface area contributed by atoms with Gasteiger partial charge < -0.3 is 10.1 Å². The van der Waals surface area contributed by atoms with Gasteiger partial charge in [-0.25, -0.2) is 0 Å². The van der Waals surface area contributed by atoms with Crippen LogP contribution in [-0.2, 0) is 4.74 Å². The highest BCUT2D eigenvalue weighted by atomic mass is 16.5. The van der Waals surface area contributed by atoms with Gasteiger partial charge in [0.05, 0.1) is 6.10 Å². The van der Waals surface area contributed by atoms with Gasteiger partial charge in [0.1, 0.15) is 0 Å². The van der Waals surface area contributed by atoms with Crippen LogP contribution < -0.4 is 5.32 Å². The van der Waals surface area contributed by atoms with Crippen LogP contribution in [0.1, 0.15) is 47.0 Å². The van der Waals surface area contributed by atoms with Crippen molar-refractivity contribution in [1.82, 2.24) is 5.32 Å². The van der Waals surface area contributed by atoms with Crippen molar-refractivity contribution in [2.45, 2.75) is 59.1 Å². The van der Waals surface area contributed by atoms with Crippen LogP contribution in [0.4, 0.5) is 0 Å². The SMILES string of the molecule is CCC1(CC)C(NCC(C)C)CC1OC. The van der Waals surface area contributed by atoms with Gasteiger partial charge in [-0.15, -0.1) is 0 Å². The molecule has 2 heteroatoms. The van der Waals surface area contributed by atoms with Crippen molar-refractivity contribution in [3.05, 3.63) is 0 Å². The first-order valence-corrected chi connectivity index (χ1v) is 6.36. The molecule has 1 N–H and O–H groups in total. The fourth-order valence-electron chi connectivity index (χ4n) is 2.94. The molecule has 1 rings (SSSR count). The van der Waals surface area contributed by atoms with Gasteiger partial charge in [-0.3, -0.25) is 0 Å². The molecule has 0 aromatic rings. The minimum atomic E-state index is 0.393. The van der Waals surface area contributed by atoms with E-state index < -0.39 is 0 Å². The van der Waals surface area contributed by atoms with Crippen LogP contribution in [0.3, 0.4) is 0 Å². The Bertz CT molecular complexity index is 187. The molecule has 1 aliphatic rings. The van der Waals surface area contributed by atoms with Crippen molar-refractivity contribution in [3.8, 4) is 0 Å². The fraction of sp³-hybridized carbons (Fsp3) is 1.00. The van der Waals surface area contributed by atoms with E-state index in [0.29, 0.717) is 17.6 Å². The Morgan fingerprint density at radius 3 is 2.33 bits per heavy atom. The predicted octanol–water partition coefficient (Wildman–Crippen LogP) is 2.83. The largest absolute Gasteiger partial charge is 0.381 e. The summed E-state index contributed by atoms with van der Waals surface area (Å²) in [5, 5.41) is 3.70. The minimum Gasteiger partial charge on any atom is -0.381 e. The molecule has 1 saturated carbocycles. The molecule has 0 radical (unpaired) electrons. The number of hydrogen-bond donors (Lipinski definition) is 1. The van der Waals surface area contributed by atoms with Gasteiger partial charge in [-0.1, -0.05) is 27.7 Å². The van der Waals surface area contributed by atoms with Crippen molar-refractivity contribution in [2.75, 3.05) is 13.7 Å². The van der Waals surface area contributed by atoms with Crippen LogP contribution in [0.15, 0.2) is 0 Å². The van der Waals surface area contributed by atoms with E-state index >= 15 is 0 Å². The van der Waals surface area contributed by atoms with Crippen LogP contribution in [0.2, 0.25) is 0 Å². The molecular formula is C13H27NO. The third-order valence-corrected chi connectivity index (χ3v) is 4.16. The van der Waals surface area contributed by atoms with Gasteiger partial charge >= 0.3 is 0 Å². The molecule has 0 bridgehead atoms. The maximum Gasteiger partial charge on any atom is 0.0657 e. The van der Waals surface area contributed by atoms with Crippen molar-refractivity contribution < 1.29 is 4.74 Å². The fourth-order valence-corrected chi connectivity index (χ4v) is 2.94. The highest BCUT2D eigenvalue weighted by Crippen LogP contribution is 2.48. The lowest BCUT2D eigenvalue weighted by Crippen LogP contribution is -2.63. The first kappa shape index (κ1) is 13.0. The van der Waals surface area contributed by atoms with E-state index in [9.17, 15) is 0 Å². The third-order valence-electron chi connectivity index (χ3n) is 4.16. The van der Waals surface area contributed by atoms with Crippen LogP contribution in [0.25, 0.3) is 0 Å². The molecule has 90 valence electrons. The maximum absolute atomic E-state index is 5.58. The lowest BCUT2D eigenvalue weighted by molar-refractivity contribution is -0.124. The molecule has 0 aliphatic heterocycles. The average Bonchev–Trinajstić information content (AvgIpc) is 2.18. The van der Waals surface area contributed by atoms with E-state index in [0.717, 1.165) is 12.5 Å². The summed E-state index contributed by atoms with van der Waals surface area (Å²) in [6, 6.07) is 0.667. The van der Waals surface area contributed by atoms with Crippen LogP contribution >= 0.6 is 0 Å². The molecular weight excluding hydrogens is 186 g/mol. The summed E-state index contributed by atoms with van der Waals surface area (Å²) in [7, 11) is 1.85. The van der Waals surface area contributed by atoms with E-state index in [-0.39, 0.29) is 0 Å². The normalized spacial score (nSPS) is 29.2. The Hall–Kier alpha value is -0.0800. The molecule has 2 unspecified atom stereocenters. The summed E-state index contributed by atoms with van der Waals surface area (Å²) in [6.45, 7) is 10.2. The molecule has 1 aliphatic carbocycles. The van der Waals surface area contributed by atoms with E-state index in [1.807, 2.05) is 7.11 Å². The smallest absolute Gasteiger partial charge is 0.0657 e. The average molecular weight is 213 g/mol. The highest BCUT2D eigenvalue weighted by Gasteiger charge is 2.52. The number of nitrogens with one attached hydrogen (secondary N) is 1. The molecule has 2 atom stereocenters. The highest BCUT2D eigenvalue weighted by molar-refractivity contribution is 5.06. The molecule has 0 amide bonds. The van der Waals surface area contributed by atoms with Gasteiger partial charge in [0.2, 0.25) is 0 Å². The van der Waals surface area contributed by atoms with Crippen molar-refractivity contribution in [3.63, 3.8) is 0 Å². The first-order valence-electron chi connectivity index (χ1n) is 6.36. The number of rotatable bonds is 6. The Morgan fingerprint density at radius 2 is 1.93 bits per heavy atom. The van der Waals surface area contributed by atoms with Crippen molar-refractivity contribution >= 4 is 0 Å². The van der Waals surface area contributed by atoms with Crippen molar-refractivity contribution in [2.24, 2.45) is 11.3 Å². The lowest BCUT2D eigenvalue weighted by atomic mass is 9.58. The van der Waals surface area contributed by atoms with Crippen LogP contribution in [0.5, 0.6) is 0 Å².